The molecule has 3 heteroatoms. The maximum absolute atomic E-state index is 11.8. The first-order valence-electron chi connectivity index (χ1n) is 7.67. The van der Waals surface area contributed by atoms with Crippen LogP contribution in [0.25, 0.3) is 0 Å². The quantitative estimate of drug-likeness (QED) is 0.244. The molecule has 0 aromatic rings. The van der Waals surface area contributed by atoms with Gasteiger partial charge in [-0.25, -0.2) is 4.79 Å². The standard InChI is InChI=1S/C16H31NO2/c1-6-9-10-11-15(19-16(18)14(4)5)17(12-7-2)13-8-3/h15H,4,6-13H2,1-3,5H3. The van der Waals surface area contributed by atoms with Crippen molar-refractivity contribution >= 4 is 5.97 Å². The summed E-state index contributed by atoms with van der Waals surface area (Å²) in [4.78, 5) is 14.0. The van der Waals surface area contributed by atoms with Crippen LogP contribution in [-0.2, 0) is 9.53 Å². The van der Waals surface area contributed by atoms with Crippen molar-refractivity contribution in [1.82, 2.24) is 4.90 Å². The van der Waals surface area contributed by atoms with Crippen LogP contribution in [0, 0.1) is 0 Å². The molecule has 19 heavy (non-hydrogen) atoms. The fraction of sp³-hybridized carbons (Fsp3) is 0.812. The van der Waals surface area contributed by atoms with Gasteiger partial charge in [0.15, 0.2) is 6.23 Å². The van der Waals surface area contributed by atoms with E-state index in [0.717, 1.165) is 38.8 Å². The highest BCUT2D eigenvalue weighted by atomic mass is 16.6. The monoisotopic (exact) mass is 269 g/mol. The second-order valence-electron chi connectivity index (χ2n) is 5.17. The van der Waals surface area contributed by atoms with Crippen molar-refractivity contribution in [3.63, 3.8) is 0 Å². The van der Waals surface area contributed by atoms with Crippen LogP contribution in [0.15, 0.2) is 12.2 Å². The van der Waals surface area contributed by atoms with Gasteiger partial charge in [0, 0.05) is 18.7 Å². The molecule has 112 valence electrons. The number of nitrogens with zero attached hydrogens (tertiary/aromatic N) is 1. The smallest absolute Gasteiger partial charge is 0.334 e. The molecule has 3 nitrogen and oxygen atoms in total. The molecule has 0 aromatic heterocycles. The number of carbonyl (C=O) groups is 1. The first-order chi connectivity index (χ1) is 9.06. The highest BCUT2D eigenvalue weighted by molar-refractivity contribution is 5.87. The summed E-state index contributed by atoms with van der Waals surface area (Å²) in [6.45, 7) is 13.8. The summed E-state index contributed by atoms with van der Waals surface area (Å²) in [6.07, 6.45) is 6.47. The van der Waals surface area contributed by atoms with E-state index in [2.05, 4.69) is 32.3 Å². The Bertz CT molecular complexity index is 257. The number of esters is 1. The Hall–Kier alpha value is -0.830. The molecule has 0 bridgehead atoms. The Balaban J connectivity index is 4.58. The summed E-state index contributed by atoms with van der Waals surface area (Å²) >= 11 is 0. The number of hydrogen-bond acceptors (Lipinski definition) is 3. The van der Waals surface area contributed by atoms with Crippen molar-refractivity contribution < 1.29 is 9.53 Å². The topological polar surface area (TPSA) is 29.5 Å². The third kappa shape index (κ3) is 8.04. The van der Waals surface area contributed by atoms with Gasteiger partial charge in [-0.05, 0) is 32.6 Å². The first kappa shape index (κ1) is 18.2. The Labute approximate surface area is 119 Å². The number of unbranched alkanes of at least 4 members (excludes halogenated alkanes) is 2. The van der Waals surface area contributed by atoms with E-state index in [4.69, 9.17) is 4.74 Å². The van der Waals surface area contributed by atoms with Crippen LogP contribution in [0.1, 0.15) is 66.2 Å². The van der Waals surface area contributed by atoms with E-state index < -0.39 is 0 Å². The van der Waals surface area contributed by atoms with Crippen molar-refractivity contribution in [1.29, 1.82) is 0 Å². The Morgan fingerprint density at radius 3 is 2.11 bits per heavy atom. The second kappa shape index (κ2) is 11.0. The maximum atomic E-state index is 11.8. The van der Waals surface area contributed by atoms with E-state index in [1.54, 1.807) is 6.92 Å². The van der Waals surface area contributed by atoms with Crippen molar-refractivity contribution in [2.45, 2.75) is 72.4 Å². The van der Waals surface area contributed by atoms with E-state index in [-0.39, 0.29) is 12.2 Å². The molecule has 0 amide bonds. The van der Waals surface area contributed by atoms with Gasteiger partial charge in [0.25, 0.3) is 0 Å². The van der Waals surface area contributed by atoms with Gasteiger partial charge in [-0.2, -0.15) is 0 Å². The molecule has 1 atom stereocenters. The van der Waals surface area contributed by atoms with Gasteiger partial charge in [0.2, 0.25) is 0 Å². The number of carbonyl (C=O) groups excluding carboxylic acids is 1. The molecule has 0 heterocycles. The lowest BCUT2D eigenvalue weighted by Gasteiger charge is -2.31. The molecule has 0 aliphatic heterocycles. The van der Waals surface area contributed by atoms with E-state index in [9.17, 15) is 4.79 Å². The normalized spacial score (nSPS) is 12.5. The van der Waals surface area contributed by atoms with E-state index in [1.165, 1.54) is 12.8 Å². The summed E-state index contributed by atoms with van der Waals surface area (Å²) in [6, 6.07) is 0. The highest BCUT2D eigenvalue weighted by Crippen LogP contribution is 2.14. The SMILES string of the molecule is C=C(C)C(=O)OC(CCCCC)N(CCC)CCC. The zero-order chi connectivity index (χ0) is 14.7. The number of rotatable bonds is 11. The summed E-state index contributed by atoms with van der Waals surface area (Å²) < 4.78 is 5.61. The predicted octanol–water partition coefficient (Wildman–Crippen LogP) is 4.13. The third-order valence-electron chi connectivity index (χ3n) is 3.08. The van der Waals surface area contributed by atoms with Gasteiger partial charge in [0.1, 0.15) is 0 Å². The molecule has 0 spiro atoms. The second-order valence-corrected chi connectivity index (χ2v) is 5.17. The Morgan fingerprint density at radius 2 is 1.68 bits per heavy atom. The summed E-state index contributed by atoms with van der Waals surface area (Å²) in [7, 11) is 0. The molecule has 0 rings (SSSR count). The third-order valence-corrected chi connectivity index (χ3v) is 3.08. The molecule has 0 aliphatic rings. The summed E-state index contributed by atoms with van der Waals surface area (Å²) in [5, 5.41) is 0. The zero-order valence-corrected chi connectivity index (χ0v) is 13.2. The molecular formula is C16H31NO2. The Morgan fingerprint density at radius 1 is 1.11 bits per heavy atom. The van der Waals surface area contributed by atoms with Crippen LogP contribution in [-0.4, -0.2) is 30.2 Å². The van der Waals surface area contributed by atoms with E-state index in [1.807, 2.05) is 0 Å². The predicted molar refractivity (Wildman–Crippen MR) is 81.0 cm³/mol. The van der Waals surface area contributed by atoms with E-state index in [0.29, 0.717) is 5.57 Å². The van der Waals surface area contributed by atoms with Gasteiger partial charge >= 0.3 is 5.97 Å². The van der Waals surface area contributed by atoms with Gasteiger partial charge in [-0.1, -0.05) is 40.2 Å². The van der Waals surface area contributed by atoms with Crippen LogP contribution in [0.3, 0.4) is 0 Å². The number of hydrogen-bond donors (Lipinski definition) is 0. The largest absolute Gasteiger partial charge is 0.443 e. The van der Waals surface area contributed by atoms with Crippen molar-refractivity contribution in [2.24, 2.45) is 0 Å². The van der Waals surface area contributed by atoms with E-state index >= 15 is 0 Å². The molecule has 1 unspecified atom stereocenters. The van der Waals surface area contributed by atoms with Crippen molar-refractivity contribution in [3.05, 3.63) is 12.2 Å². The maximum Gasteiger partial charge on any atom is 0.334 e. The minimum absolute atomic E-state index is 0.0874. The van der Waals surface area contributed by atoms with Crippen LogP contribution >= 0.6 is 0 Å². The van der Waals surface area contributed by atoms with Crippen LogP contribution in [0.2, 0.25) is 0 Å². The molecule has 0 aliphatic carbocycles. The molecule has 0 radical (unpaired) electrons. The lowest BCUT2D eigenvalue weighted by molar-refractivity contribution is -0.155. The molecule has 0 fully saturated rings. The van der Waals surface area contributed by atoms with Crippen LogP contribution in [0.4, 0.5) is 0 Å². The average Bonchev–Trinajstić information content (AvgIpc) is 2.37. The fourth-order valence-corrected chi connectivity index (χ4v) is 2.08. The minimum Gasteiger partial charge on any atom is -0.443 e. The van der Waals surface area contributed by atoms with Crippen molar-refractivity contribution in [3.8, 4) is 0 Å². The summed E-state index contributed by atoms with van der Waals surface area (Å²) in [5.74, 6) is -0.265. The van der Waals surface area contributed by atoms with Gasteiger partial charge in [-0.3, -0.25) is 4.90 Å². The zero-order valence-electron chi connectivity index (χ0n) is 13.2. The molecule has 0 N–H and O–H groups in total. The minimum atomic E-state index is -0.265. The number of ether oxygens (including phenoxy) is 1. The van der Waals surface area contributed by atoms with Crippen LogP contribution < -0.4 is 0 Å². The first-order valence-corrected chi connectivity index (χ1v) is 7.67. The van der Waals surface area contributed by atoms with Gasteiger partial charge < -0.3 is 4.74 Å². The van der Waals surface area contributed by atoms with Crippen molar-refractivity contribution in [2.75, 3.05) is 13.1 Å². The molecular weight excluding hydrogens is 238 g/mol. The van der Waals surface area contributed by atoms with Crippen LogP contribution in [0.5, 0.6) is 0 Å². The molecule has 0 aromatic carbocycles. The van der Waals surface area contributed by atoms with Gasteiger partial charge in [-0.15, -0.1) is 0 Å². The highest BCUT2D eigenvalue weighted by Gasteiger charge is 2.21. The molecule has 0 saturated heterocycles. The molecule has 0 saturated carbocycles. The lowest BCUT2D eigenvalue weighted by Crippen LogP contribution is -2.40. The lowest BCUT2D eigenvalue weighted by atomic mass is 10.1. The fourth-order valence-electron chi connectivity index (χ4n) is 2.08. The Kier molecular flexibility index (Phi) is 10.6. The van der Waals surface area contributed by atoms with Gasteiger partial charge in [0.05, 0.1) is 0 Å². The average molecular weight is 269 g/mol. The summed E-state index contributed by atoms with van der Waals surface area (Å²) in [5.41, 5.74) is 0.480.